The van der Waals surface area contributed by atoms with Crippen molar-refractivity contribution in [1.29, 1.82) is 0 Å². The van der Waals surface area contributed by atoms with E-state index < -0.39 is 24.1 Å². The van der Waals surface area contributed by atoms with Gasteiger partial charge in [-0.05, 0) is 24.0 Å². The maximum absolute atomic E-state index is 10.9. The van der Waals surface area contributed by atoms with Crippen molar-refractivity contribution in [2.45, 2.75) is 231 Å². The molecule has 0 saturated carbocycles. The van der Waals surface area contributed by atoms with Crippen LogP contribution in [0.5, 0.6) is 0 Å². The van der Waals surface area contributed by atoms with Crippen LogP contribution in [0.3, 0.4) is 0 Å². The van der Waals surface area contributed by atoms with Crippen LogP contribution in [0.1, 0.15) is 205 Å². The molecule has 0 aliphatic heterocycles. The summed E-state index contributed by atoms with van der Waals surface area (Å²) in [6.07, 6.45) is 29.2. The molecule has 4 atom stereocenters. The van der Waals surface area contributed by atoms with Gasteiger partial charge in [0.1, 0.15) is 0 Å². The number of hydrogen-bond donors (Lipinski definition) is 2. The zero-order valence-electron chi connectivity index (χ0n) is 37.3. The first kappa shape index (κ1) is 57.8. The Bertz CT molecular complexity index is 1110. The zero-order chi connectivity index (χ0) is 42.3. The van der Waals surface area contributed by atoms with Crippen molar-refractivity contribution in [3.8, 4) is 0 Å². The van der Waals surface area contributed by atoms with Crippen molar-refractivity contribution >= 4 is 60.8 Å². The number of carbonyl (C=O) groups excluding carboxylic acids is 2. The van der Waals surface area contributed by atoms with Gasteiger partial charge in [-0.25, -0.2) is 0 Å². The van der Waals surface area contributed by atoms with Crippen LogP contribution in [0.25, 0.3) is 0 Å². The molecule has 0 amide bonds. The largest absolute Gasteiger partial charge is 2.00 e. The number of aliphatic hydroxyl groups excluding tert-OH is 2. The molecule has 332 valence electrons. The summed E-state index contributed by atoms with van der Waals surface area (Å²) in [6, 6.07) is 19.6. The molecule has 0 aromatic heterocycles. The SMILES string of the molecule is CCCCCCCCCCCCCCC(CC(O)C(=O)[O-])OCc1ccccc1.CCCCCCCCCCCCCCC(CC(O)C(=O)[O-])OCc1ccccc1.[Ba+2]. The minimum Gasteiger partial charge on any atom is -0.547 e. The number of aliphatic carboxylic acids is 2. The third-order valence-corrected chi connectivity index (χ3v) is 10.9. The predicted octanol–water partition coefficient (Wildman–Crippen LogP) is 9.95. The van der Waals surface area contributed by atoms with E-state index in [1.807, 2.05) is 60.7 Å². The predicted molar refractivity (Wildman–Crippen MR) is 238 cm³/mol. The molecule has 2 rings (SSSR count). The molecule has 0 radical (unpaired) electrons. The molecule has 4 unspecified atom stereocenters. The third-order valence-electron chi connectivity index (χ3n) is 10.9. The fourth-order valence-corrected chi connectivity index (χ4v) is 7.23. The summed E-state index contributed by atoms with van der Waals surface area (Å²) in [4.78, 5) is 21.7. The van der Waals surface area contributed by atoms with Crippen LogP contribution in [0.4, 0.5) is 0 Å². The summed E-state index contributed by atoms with van der Waals surface area (Å²) in [6.45, 7) is 5.37. The number of aliphatic hydroxyl groups is 2. The Kier molecular flexibility index (Phi) is 41.2. The van der Waals surface area contributed by atoms with Crippen LogP contribution >= 0.6 is 0 Å². The molecular formula is C50H82BaO8. The minimum atomic E-state index is -1.46. The van der Waals surface area contributed by atoms with E-state index in [0.29, 0.717) is 13.2 Å². The molecule has 2 N–H and O–H groups in total. The van der Waals surface area contributed by atoms with Crippen LogP contribution in [-0.4, -0.2) is 95.4 Å². The van der Waals surface area contributed by atoms with Gasteiger partial charge in [-0.2, -0.15) is 0 Å². The van der Waals surface area contributed by atoms with Crippen LogP contribution in [-0.2, 0) is 32.3 Å². The molecule has 59 heavy (non-hydrogen) atoms. The van der Waals surface area contributed by atoms with Crippen molar-refractivity contribution < 1.29 is 39.5 Å². The number of benzene rings is 2. The first-order valence-electron chi connectivity index (χ1n) is 23.4. The molecule has 9 heteroatoms. The second kappa shape index (κ2) is 42.1. The summed E-state index contributed by atoms with van der Waals surface area (Å²) in [7, 11) is 0. The first-order valence-corrected chi connectivity index (χ1v) is 23.4. The molecular weight excluding hydrogens is 866 g/mol. The number of ether oxygens (including phenoxy) is 2. The average Bonchev–Trinajstić information content (AvgIpc) is 3.23. The van der Waals surface area contributed by atoms with Gasteiger partial charge in [0.05, 0.1) is 49.6 Å². The number of carbonyl (C=O) groups is 2. The van der Waals surface area contributed by atoms with E-state index >= 15 is 0 Å². The van der Waals surface area contributed by atoms with Crippen LogP contribution in [0.2, 0.25) is 0 Å². The number of hydrogen-bond acceptors (Lipinski definition) is 8. The van der Waals surface area contributed by atoms with Gasteiger partial charge in [0.2, 0.25) is 0 Å². The third kappa shape index (κ3) is 36.0. The minimum absolute atomic E-state index is 0. The fraction of sp³-hybridized carbons (Fsp3) is 0.720. The Morgan fingerprint density at radius 3 is 0.966 bits per heavy atom. The van der Waals surface area contributed by atoms with E-state index in [2.05, 4.69) is 13.8 Å². The van der Waals surface area contributed by atoms with Gasteiger partial charge in [-0.1, -0.05) is 229 Å². The van der Waals surface area contributed by atoms with E-state index in [0.717, 1.165) is 49.7 Å². The Hall–Kier alpha value is -1.21. The van der Waals surface area contributed by atoms with E-state index in [-0.39, 0.29) is 73.9 Å². The van der Waals surface area contributed by atoms with Gasteiger partial charge in [-0.15, -0.1) is 0 Å². The van der Waals surface area contributed by atoms with E-state index in [4.69, 9.17) is 9.47 Å². The topological polar surface area (TPSA) is 139 Å². The number of carboxylic acids is 2. The smallest absolute Gasteiger partial charge is 0.547 e. The summed E-state index contributed by atoms with van der Waals surface area (Å²) in [5, 5.41) is 41.0. The summed E-state index contributed by atoms with van der Waals surface area (Å²) >= 11 is 0. The molecule has 0 fully saturated rings. The molecule has 8 nitrogen and oxygen atoms in total. The Morgan fingerprint density at radius 1 is 0.458 bits per heavy atom. The van der Waals surface area contributed by atoms with Gasteiger partial charge >= 0.3 is 48.9 Å². The molecule has 0 aliphatic carbocycles. The first-order chi connectivity index (χ1) is 28.3. The maximum atomic E-state index is 10.9. The molecule has 0 aliphatic rings. The summed E-state index contributed by atoms with van der Waals surface area (Å²) in [5.41, 5.74) is 2.10. The average molecular weight is 949 g/mol. The van der Waals surface area contributed by atoms with Gasteiger partial charge in [0.25, 0.3) is 0 Å². The molecule has 0 bridgehead atoms. The van der Waals surface area contributed by atoms with Crippen molar-refractivity contribution in [3.63, 3.8) is 0 Å². The van der Waals surface area contributed by atoms with Gasteiger partial charge < -0.3 is 39.5 Å². The second-order valence-electron chi connectivity index (χ2n) is 16.3. The normalized spacial score (nSPS) is 13.1. The van der Waals surface area contributed by atoms with E-state index in [1.165, 1.54) is 128 Å². The number of rotatable bonds is 38. The zero-order valence-corrected chi connectivity index (χ0v) is 41.8. The van der Waals surface area contributed by atoms with Crippen molar-refractivity contribution in [2.24, 2.45) is 0 Å². The fourth-order valence-electron chi connectivity index (χ4n) is 7.23. The quantitative estimate of drug-likeness (QED) is 0.0501. The molecule has 2 aromatic carbocycles. The number of carboxylic acid groups (broad SMARTS) is 2. The van der Waals surface area contributed by atoms with Gasteiger partial charge in [0, 0.05) is 12.8 Å². The molecule has 0 saturated heterocycles. The summed E-state index contributed by atoms with van der Waals surface area (Å²) in [5.74, 6) is -2.85. The van der Waals surface area contributed by atoms with Crippen LogP contribution < -0.4 is 10.2 Å². The Balaban J connectivity index is 0.00000112. The summed E-state index contributed by atoms with van der Waals surface area (Å²) < 4.78 is 11.8. The van der Waals surface area contributed by atoms with E-state index in [1.54, 1.807) is 0 Å². The second-order valence-corrected chi connectivity index (χ2v) is 16.3. The van der Waals surface area contributed by atoms with Crippen molar-refractivity contribution in [3.05, 3.63) is 71.8 Å². The monoisotopic (exact) mass is 949 g/mol. The molecule has 2 aromatic rings. The maximum Gasteiger partial charge on any atom is 2.00 e. The van der Waals surface area contributed by atoms with Crippen molar-refractivity contribution in [1.82, 2.24) is 0 Å². The standard InChI is InChI=1S/2C25H42O4.Ba/c2*1-2-3-4-5-6-7-8-9-10-11-12-16-19-23(20-24(26)25(27)28)29-21-22-17-14-13-15-18-22;/h2*13-15,17-18,23-24,26H,2-12,16,19-21H2,1H3,(H,27,28);/q;;+2/p-2. The van der Waals surface area contributed by atoms with E-state index in [9.17, 15) is 30.0 Å². The van der Waals surface area contributed by atoms with Crippen molar-refractivity contribution in [2.75, 3.05) is 0 Å². The molecule has 0 spiro atoms. The molecule has 0 heterocycles. The van der Waals surface area contributed by atoms with Crippen LogP contribution in [0.15, 0.2) is 60.7 Å². The van der Waals surface area contributed by atoms with Gasteiger partial charge in [-0.3, -0.25) is 0 Å². The van der Waals surface area contributed by atoms with Crippen LogP contribution in [0, 0.1) is 0 Å². The Labute approximate surface area is 400 Å². The van der Waals surface area contributed by atoms with Gasteiger partial charge in [0.15, 0.2) is 0 Å². The number of unbranched alkanes of at least 4 members (excludes halogenated alkanes) is 22. The Morgan fingerprint density at radius 2 is 0.712 bits per heavy atom.